The van der Waals surface area contributed by atoms with Gasteiger partial charge < -0.3 is 19.5 Å². The average Bonchev–Trinajstić information content (AvgIpc) is 2.63. The molecule has 0 saturated carbocycles. The molecule has 1 saturated heterocycles. The van der Waals surface area contributed by atoms with Crippen LogP contribution in [0.25, 0.3) is 0 Å². The molecule has 1 heterocycles. The largest absolute Gasteiger partial charge is 0.446 e. The highest BCUT2D eigenvalue weighted by atomic mass is 19.4. The zero-order valence-electron chi connectivity index (χ0n) is 16.3. The molecule has 0 spiro atoms. The fourth-order valence-corrected chi connectivity index (χ4v) is 2.58. The predicted octanol–water partition coefficient (Wildman–Crippen LogP) is 5.05. The molecule has 0 radical (unpaired) electrons. The topological polar surface area (TPSA) is 73.9 Å². The molecule has 0 unspecified atom stereocenters. The van der Waals surface area contributed by atoms with Gasteiger partial charge in [0.2, 0.25) is 0 Å². The number of para-hydroxylation sites is 1. The summed E-state index contributed by atoms with van der Waals surface area (Å²) >= 11 is 0. The monoisotopic (exact) mass is 461 g/mol. The highest BCUT2D eigenvalue weighted by Crippen LogP contribution is 2.38. The summed E-state index contributed by atoms with van der Waals surface area (Å²) in [7, 11) is 0. The standard InChI is InChI=1S/C20H13F6NO5/c1-19(2)31-17(28)10(18(29)32-19)8-27-14-5-3-4-11(21)16(14)30-15-12(22)6-9(7-13(15)23)20(24,25)26/h3-8,27H,1-2H3. The van der Waals surface area contributed by atoms with Crippen LogP contribution in [0.2, 0.25) is 0 Å². The highest BCUT2D eigenvalue weighted by Gasteiger charge is 2.39. The summed E-state index contributed by atoms with van der Waals surface area (Å²) in [6, 6.07) is 3.13. The van der Waals surface area contributed by atoms with Crippen molar-refractivity contribution in [3.63, 3.8) is 0 Å². The molecule has 0 aliphatic carbocycles. The van der Waals surface area contributed by atoms with Crippen LogP contribution >= 0.6 is 0 Å². The zero-order valence-corrected chi connectivity index (χ0v) is 16.3. The summed E-state index contributed by atoms with van der Waals surface area (Å²) in [6.45, 7) is 2.64. The average molecular weight is 461 g/mol. The van der Waals surface area contributed by atoms with E-state index in [2.05, 4.69) is 5.32 Å². The Morgan fingerprint density at radius 1 is 0.938 bits per heavy atom. The third-order valence-corrected chi connectivity index (χ3v) is 3.99. The number of carbonyl (C=O) groups excluding carboxylic acids is 2. The number of esters is 2. The number of rotatable bonds is 4. The van der Waals surface area contributed by atoms with Crippen LogP contribution in [0, 0.1) is 17.5 Å². The Hall–Kier alpha value is -3.70. The van der Waals surface area contributed by atoms with E-state index in [1.54, 1.807) is 0 Å². The first-order valence-electron chi connectivity index (χ1n) is 8.74. The van der Waals surface area contributed by atoms with E-state index >= 15 is 0 Å². The summed E-state index contributed by atoms with van der Waals surface area (Å²) in [5.74, 6) is -10.3. The van der Waals surface area contributed by atoms with Crippen molar-refractivity contribution < 1.29 is 50.1 Å². The summed E-state index contributed by atoms with van der Waals surface area (Å²) in [5.41, 5.74) is -2.53. The second kappa shape index (κ2) is 8.09. The van der Waals surface area contributed by atoms with Crippen molar-refractivity contribution in [1.82, 2.24) is 0 Å². The van der Waals surface area contributed by atoms with Gasteiger partial charge in [-0.1, -0.05) is 6.07 Å². The molecule has 1 fully saturated rings. The summed E-state index contributed by atoms with van der Waals surface area (Å²) in [5, 5.41) is 2.35. The Morgan fingerprint density at radius 3 is 2.03 bits per heavy atom. The van der Waals surface area contributed by atoms with Gasteiger partial charge in [0.15, 0.2) is 34.5 Å². The molecule has 0 amide bonds. The molecule has 6 nitrogen and oxygen atoms in total. The van der Waals surface area contributed by atoms with Gasteiger partial charge in [0.05, 0.1) is 11.3 Å². The van der Waals surface area contributed by atoms with E-state index in [-0.39, 0.29) is 17.8 Å². The van der Waals surface area contributed by atoms with E-state index in [1.807, 2.05) is 0 Å². The minimum Gasteiger partial charge on any atom is -0.446 e. The molecule has 3 rings (SSSR count). The van der Waals surface area contributed by atoms with Crippen molar-refractivity contribution in [2.45, 2.75) is 25.8 Å². The van der Waals surface area contributed by atoms with Crippen molar-refractivity contribution in [1.29, 1.82) is 0 Å². The minimum absolute atomic E-state index is 0.00980. The minimum atomic E-state index is -5.02. The Bertz CT molecular complexity index is 1080. The zero-order chi connectivity index (χ0) is 23.8. The maximum atomic E-state index is 14.3. The first kappa shape index (κ1) is 23.0. The summed E-state index contributed by atoms with van der Waals surface area (Å²) in [6.07, 6.45) is -4.23. The van der Waals surface area contributed by atoms with Gasteiger partial charge in [0, 0.05) is 20.0 Å². The normalized spacial score (nSPS) is 15.7. The SMILES string of the molecule is CC1(C)OC(=O)C(=CNc2cccc(F)c2Oc2c(F)cc(C(F)(F)F)cc2F)C(=O)O1. The van der Waals surface area contributed by atoms with Gasteiger partial charge >= 0.3 is 18.1 Å². The molecule has 2 aromatic rings. The van der Waals surface area contributed by atoms with Crippen molar-refractivity contribution in [3.8, 4) is 11.5 Å². The Morgan fingerprint density at radius 2 is 1.50 bits per heavy atom. The van der Waals surface area contributed by atoms with E-state index in [0.717, 1.165) is 24.4 Å². The molecule has 1 aliphatic heterocycles. The number of halogens is 6. The lowest BCUT2D eigenvalue weighted by Crippen LogP contribution is -2.42. The van der Waals surface area contributed by atoms with Gasteiger partial charge in [-0.3, -0.25) is 0 Å². The number of anilines is 1. The van der Waals surface area contributed by atoms with Gasteiger partial charge in [-0.05, 0) is 24.3 Å². The molecule has 0 aromatic heterocycles. The van der Waals surface area contributed by atoms with Gasteiger partial charge in [-0.15, -0.1) is 0 Å². The van der Waals surface area contributed by atoms with Crippen LogP contribution in [0.5, 0.6) is 11.5 Å². The van der Waals surface area contributed by atoms with Crippen LogP contribution in [0.4, 0.5) is 32.0 Å². The molecule has 2 aromatic carbocycles. The molecular formula is C20H13F6NO5. The lowest BCUT2D eigenvalue weighted by Gasteiger charge is -2.29. The van der Waals surface area contributed by atoms with E-state index in [1.165, 1.54) is 13.8 Å². The maximum Gasteiger partial charge on any atom is 0.416 e. The fraction of sp³-hybridized carbons (Fsp3) is 0.200. The van der Waals surface area contributed by atoms with Crippen molar-refractivity contribution >= 4 is 17.6 Å². The van der Waals surface area contributed by atoms with Crippen LogP contribution in [-0.2, 0) is 25.2 Å². The third kappa shape index (κ3) is 4.79. The van der Waals surface area contributed by atoms with E-state index in [0.29, 0.717) is 0 Å². The first-order valence-corrected chi connectivity index (χ1v) is 8.74. The lowest BCUT2D eigenvalue weighted by atomic mass is 10.2. The number of nitrogens with one attached hydrogen (secondary N) is 1. The first-order chi connectivity index (χ1) is 14.8. The molecule has 0 bridgehead atoms. The van der Waals surface area contributed by atoms with Crippen LogP contribution in [0.3, 0.4) is 0 Å². The van der Waals surface area contributed by atoms with Crippen LogP contribution < -0.4 is 10.1 Å². The predicted molar refractivity (Wildman–Crippen MR) is 95.8 cm³/mol. The van der Waals surface area contributed by atoms with Gasteiger partial charge in [0.1, 0.15) is 0 Å². The van der Waals surface area contributed by atoms with Crippen LogP contribution in [0.15, 0.2) is 42.1 Å². The van der Waals surface area contributed by atoms with Crippen molar-refractivity contribution in [2.24, 2.45) is 0 Å². The highest BCUT2D eigenvalue weighted by molar-refractivity contribution is 6.15. The lowest BCUT2D eigenvalue weighted by molar-refractivity contribution is -0.222. The fourth-order valence-electron chi connectivity index (χ4n) is 2.58. The van der Waals surface area contributed by atoms with E-state index < -0.39 is 64.0 Å². The summed E-state index contributed by atoms with van der Waals surface area (Å²) in [4.78, 5) is 23.9. The maximum absolute atomic E-state index is 14.3. The Labute approximate surface area is 176 Å². The number of hydrogen-bond donors (Lipinski definition) is 1. The van der Waals surface area contributed by atoms with Crippen LogP contribution in [-0.4, -0.2) is 17.7 Å². The number of carbonyl (C=O) groups is 2. The van der Waals surface area contributed by atoms with Crippen molar-refractivity contribution in [2.75, 3.05) is 5.32 Å². The van der Waals surface area contributed by atoms with Gasteiger partial charge in [-0.25, -0.2) is 22.8 Å². The molecular weight excluding hydrogens is 448 g/mol. The molecule has 32 heavy (non-hydrogen) atoms. The third-order valence-electron chi connectivity index (χ3n) is 3.99. The Balaban J connectivity index is 1.93. The second-order valence-electron chi connectivity index (χ2n) is 6.87. The number of alkyl halides is 3. The molecule has 0 atom stereocenters. The van der Waals surface area contributed by atoms with E-state index in [4.69, 9.17) is 14.2 Å². The number of ether oxygens (including phenoxy) is 3. The van der Waals surface area contributed by atoms with Crippen LogP contribution in [0.1, 0.15) is 19.4 Å². The molecule has 1 aliphatic rings. The van der Waals surface area contributed by atoms with Gasteiger partial charge in [-0.2, -0.15) is 13.2 Å². The molecule has 12 heteroatoms. The number of hydrogen-bond acceptors (Lipinski definition) is 6. The second-order valence-corrected chi connectivity index (χ2v) is 6.87. The quantitative estimate of drug-likeness (QED) is 0.298. The Kier molecular flexibility index (Phi) is 5.81. The molecule has 170 valence electrons. The molecule has 1 N–H and O–H groups in total. The summed E-state index contributed by atoms with van der Waals surface area (Å²) < 4.78 is 95.2. The van der Waals surface area contributed by atoms with E-state index in [9.17, 15) is 35.9 Å². The number of benzene rings is 2. The smallest absolute Gasteiger partial charge is 0.416 e. The number of cyclic esters (lactones) is 2. The van der Waals surface area contributed by atoms with Crippen molar-refractivity contribution in [3.05, 3.63) is 65.1 Å². The van der Waals surface area contributed by atoms with Gasteiger partial charge in [0.25, 0.3) is 5.79 Å².